The van der Waals surface area contributed by atoms with Crippen LogP contribution in [-0.4, -0.2) is 14.3 Å². The predicted molar refractivity (Wildman–Crippen MR) is 74.7 cm³/mol. The first-order chi connectivity index (χ1) is 9.00. The monoisotopic (exact) mass is 299 g/mol. The number of sulfonamides is 1. The molecule has 0 spiro atoms. The summed E-state index contributed by atoms with van der Waals surface area (Å²) in [6.07, 6.45) is 3.99. The second kappa shape index (κ2) is 4.47. The molecule has 2 N–H and O–H groups in total. The summed E-state index contributed by atoms with van der Waals surface area (Å²) in [4.78, 5) is 0.0734. The number of anilines is 1. The highest BCUT2D eigenvalue weighted by molar-refractivity contribution is 7.90. The quantitative estimate of drug-likeness (QED) is 0.807. The summed E-state index contributed by atoms with van der Waals surface area (Å²) in [5.41, 5.74) is 0.334. The van der Waals surface area contributed by atoms with E-state index in [0.717, 1.165) is 25.7 Å². The van der Waals surface area contributed by atoms with Crippen molar-refractivity contribution in [1.29, 1.82) is 0 Å². The van der Waals surface area contributed by atoms with E-state index in [2.05, 4.69) is 4.40 Å². The van der Waals surface area contributed by atoms with Gasteiger partial charge in [-0.25, -0.2) is 5.84 Å². The number of nitrogens with two attached hydrogens (primary N) is 1. The highest BCUT2D eigenvalue weighted by Crippen LogP contribution is 2.39. The minimum atomic E-state index is -3.70. The van der Waals surface area contributed by atoms with Gasteiger partial charge in [0.05, 0.1) is 10.7 Å². The first-order valence-corrected chi connectivity index (χ1v) is 8.01. The lowest BCUT2D eigenvalue weighted by atomic mass is 10.1. The van der Waals surface area contributed by atoms with Gasteiger partial charge in [-0.3, -0.25) is 5.01 Å². The van der Waals surface area contributed by atoms with Crippen LogP contribution in [0.2, 0.25) is 5.02 Å². The largest absolute Gasteiger partial charge is 0.286 e. The molecule has 1 fully saturated rings. The SMILES string of the molecule is NN1C(C2CCCC2)=NS(=O)(=O)c2cccc(Cl)c21. The van der Waals surface area contributed by atoms with Crippen LogP contribution in [0.3, 0.4) is 0 Å². The molecule has 1 heterocycles. The molecular formula is C12H14ClN3O2S. The average Bonchev–Trinajstić information content (AvgIpc) is 2.87. The van der Waals surface area contributed by atoms with Crippen LogP contribution in [0, 0.1) is 5.92 Å². The molecule has 1 aromatic rings. The van der Waals surface area contributed by atoms with Crippen molar-refractivity contribution >= 4 is 33.1 Å². The number of benzene rings is 1. The molecule has 1 aliphatic heterocycles. The van der Waals surface area contributed by atoms with Gasteiger partial charge >= 0.3 is 0 Å². The zero-order chi connectivity index (χ0) is 13.6. The molecule has 0 amide bonds. The van der Waals surface area contributed by atoms with Gasteiger partial charge in [-0.15, -0.1) is 4.40 Å². The summed E-state index contributed by atoms with van der Waals surface area (Å²) in [7, 11) is -3.70. The minimum Gasteiger partial charge on any atom is -0.262 e. The molecule has 19 heavy (non-hydrogen) atoms. The molecular weight excluding hydrogens is 286 g/mol. The first-order valence-electron chi connectivity index (χ1n) is 6.19. The Hall–Kier alpha value is -1.11. The molecule has 0 saturated heterocycles. The number of amidine groups is 1. The molecule has 7 heteroatoms. The molecule has 102 valence electrons. The summed E-state index contributed by atoms with van der Waals surface area (Å²) in [5, 5.41) is 1.67. The van der Waals surface area contributed by atoms with Gasteiger partial charge in [-0.05, 0) is 25.0 Å². The van der Waals surface area contributed by atoms with Gasteiger partial charge in [-0.2, -0.15) is 8.42 Å². The Morgan fingerprint density at radius 1 is 1.32 bits per heavy atom. The number of rotatable bonds is 1. The lowest BCUT2D eigenvalue weighted by Gasteiger charge is -2.30. The molecule has 0 radical (unpaired) electrons. The number of hydrazine groups is 1. The van der Waals surface area contributed by atoms with Crippen molar-refractivity contribution in [2.45, 2.75) is 30.6 Å². The fraction of sp³-hybridized carbons (Fsp3) is 0.417. The number of nitrogens with zero attached hydrogens (tertiary/aromatic N) is 2. The summed E-state index contributed by atoms with van der Waals surface area (Å²) >= 11 is 6.10. The fourth-order valence-corrected chi connectivity index (χ4v) is 4.33. The molecule has 5 nitrogen and oxygen atoms in total. The van der Waals surface area contributed by atoms with Crippen molar-refractivity contribution in [2.24, 2.45) is 16.2 Å². The third-order valence-electron chi connectivity index (χ3n) is 3.65. The van der Waals surface area contributed by atoms with Crippen LogP contribution >= 0.6 is 11.6 Å². The van der Waals surface area contributed by atoms with Gasteiger partial charge in [0.2, 0.25) is 0 Å². The average molecular weight is 300 g/mol. The summed E-state index contributed by atoms with van der Waals surface area (Å²) in [6.45, 7) is 0. The lowest BCUT2D eigenvalue weighted by molar-refractivity contribution is 0.594. The van der Waals surface area contributed by atoms with E-state index >= 15 is 0 Å². The highest BCUT2D eigenvalue weighted by Gasteiger charge is 2.35. The number of halogens is 1. The highest BCUT2D eigenvalue weighted by atomic mass is 35.5. The Morgan fingerprint density at radius 2 is 2.00 bits per heavy atom. The minimum absolute atomic E-state index is 0.0734. The van der Waals surface area contributed by atoms with Crippen LogP contribution < -0.4 is 10.9 Å². The van der Waals surface area contributed by atoms with E-state index in [4.69, 9.17) is 17.4 Å². The number of para-hydroxylation sites is 1. The van der Waals surface area contributed by atoms with Crippen molar-refractivity contribution in [2.75, 3.05) is 5.01 Å². The Morgan fingerprint density at radius 3 is 2.68 bits per heavy atom. The molecule has 1 aliphatic carbocycles. The van der Waals surface area contributed by atoms with Crippen LogP contribution in [0.1, 0.15) is 25.7 Å². The zero-order valence-corrected chi connectivity index (χ0v) is 11.8. The Balaban J connectivity index is 2.17. The van der Waals surface area contributed by atoms with Crippen LogP contribution in [0.25, 0.3) is 0 Å². The zero-order valence-electron chi connectivity index (χ0n) is 10.2. The van der Waals surface area contributed by atoms with Crippen LogP contribution in [0.15, 0.2) is 27.5 Å². The number of hydrogen-bond donors (Lipinski definition) is 1. The summed E-state index contributed by atoms with van der Waals surface area (Å²) in [5.74, 6) is 6.56. The molecule has 0 aromatic heterocycles. The third kappa shape index (κ3) is 2.04. The van der Waals surface area contributed by atoms with Crippen molar-refractivity contribution < 1.29 is 8.42 Å². The van der Waals surface area contributed by atoms with E-state index in [1.54, 1.807) is 12.1 Å². The maximum absolute atomic E-state index is 12.2. The van der Waals surface area contributed by atoms with E-state index in [1.807, 2.05) is 0 Å². The fourth-order valence-electron chi connectivity index (χ4n) is 2.72. The number of fused-ring (bicyclic) bond motifs is 1. The van der Waals surface area contributed by atoms with Gasteiger partial charge < -0.3 is 0 Å². The van der Waals surface area contributed by atoms with Crippen LogP contribution in [0.5, 0.6) is 0 Å². The van der Waals surface area contributed by atoms with Gasteiger partial charge in [0.25, 0.3) is 10.0 Å². The second-order valence-corrected chi connectivity index (χ2v) is 6.84. The Labute approximate surface area is 117 Å². The number of hydrogen-bond acceptors (Lipinski definition) is 4. The summed E-state index contributed by atoms with van der Waals surface area (Å²) in [6, 6.07) is 4.70. The van der Waals surface area contributed by atoms with Gasteiger partial charge in [0.1, 0.15) is 10.7 Å². The molecule has 3 rings (SSSR count). The molecule has 1 saturated carbocycles. The molecule has 0 atom stereocenters. The third-order valence-corrected chi connectivity index (χ3v) is 5.27. The maximum Gasteiger partial charge on any atom is 0.286 e. The van der Waals surface area contributed by atoms with Gasteiger partial charge in [0.15, 0.2) is 0 Å². The van der Waals surface area contributed by atoms with Gasteiger partial charge in [0, 0.05) is 5.92 Å². The van der Waals surface area contributed by atoms with Crippen LogP contribution in [0.4, 0.5) is 5.69 Å². The smallest absolute Gasteiger partial charge is 0.262 e. The van der Waals surface area contributed by atoms with Crippen LogP contribution in [-0.2, 0) is 10.0 Å². The van der Waals surface area contributed by atoms with Crippen molar-refractivity contribution in [3.05, 3.63) is 23.2 Å². The Kier molecular flexibility index (Phi) is 3.03. The van der Waals surface area contributed by atoms with E-state index < -0.39 is 10.0 Å². The van der Waals surface area contributed by atoms with Crippen molar-refractivity contribution in [3.8, 4) is 0 Å². The lowest BCUT2D eigenvalue weighted by Crippen LogP contribution is -2.44. The Bertz CT molecular complexity index is 651. The van der Waals surface area contributed by atoms with Crippen molar-refractivity contribution in [3.63, 3.8) is 0 Å². The van der Waals surface area contributed by atoms with E-state index in [9.17, 15) is 8.42 Å². The van der Waals surface area contributed by atoms with E-state index in [-0.39, 0.29) is 10.8 Å². The molecule has 2 aliphatic rings. The summed E-state index contributed by atoms with van der Waals surface area (Å²) < 4.78 is 28.3. The maximum atomic E-state index is 12.2. The molecule has 0 bridgehead atoms. The first kappa shape index (κ1) is 12.9. The predicted octanol–water partition coefficient (Wildman–Crippen LogP) is 2.31. The molecule has 1 aromatic carbocycles. The van der Waals surface area contributed by atoms with E-state index in [0.29, 0.717) is 16.5 Å². The molecule has 0 unspecified atom stereocenters. The van der Waals surface area contributed by atoms with E-state index in [1.165, 1.54) is 11.1 Å². The van der Waals surface area contributed by atoms with Gasteiger partial charge in [-0.1, -0.05) is 30.5 Å². The standard InChI is InChI=1S/C12H14ClN3O2S/c13-9-6-3-7-10-11(9)16(14)12(15-19(10,17)18)8-4-1-2-5-8/h3,6-8H,1-2,4-5,14H2. The second-order valence-electron chi connectivity index (χ2n) is 4.86. The topological polar surface area (TPSA) is 75.8 Å². The van der Waals surface area contributed by atoms with Crippen molar-refractivity contribution in [1.82, 2.24) is 0 Å². The normalized spacial score (nSPS) is 22.2.